The molecule has 8 heteroatoms. The highest BCUT2D eigenvalue weighted by Crippen LogP contribution is 2.32. The summed E-state index contributed by atoms with van der Waals surface area (Å²) in [7, 11) is 0. The Morgan fingerprint density at radius 2 is 1.66 bits per heavy atom. The van der Waals surface area contributed by atoms with Crippen molar-refractivity contribution in [3.05, 3.63) is 53.3 Å². The molecule has 0 atom stereocenters. The molecule has 1 amide bonds. The van der Waals surface area contributed by atoms with Crippen molar-refractivity contribution in [3.8, 4) is 0 Å². The van der Waals surface area contributed by atoms with E-state index in [4.69, 9.17) is 5.73 Å². The van der Waals surface area contributed by atoms with Crippen LogP contribution in [0.5, 0.6) is 0 Å². The Morgan fingerprint density at radius 3 is 2.28 bits per heavy atom. The molecular formula is C21H23F4N3O. The molecule has 0 radical (unpaired) electrons. The van der Waals surface area contributed by atoms with Crippen LogP contribution in [0.15, 0.2) is 36.4 Å². The second kappa shape index (κ2) is 8.71. The van der Waals surface area contributed by atoms with Crippen LogP contribution in [0.25, 0.3) is 0 Å². The predicted molar refractivity (Wildman–Crippen MR) is 105 cm³/mol. The molecule has 156 valence electrons. The van der Waals surface area contributed by atoms with Gasteiger partial charge in [0.1, 0.15) is 0 Å². The van der Waals surface area contributed by atoms with Gasteiger partial charge in [-0.1, -0.05) is 25.0 Å². The minimum Gasteiger partial charge on any atom is -0.395 e. The summed E-state index contributed by atoms with van der Waals surface area (Å²) >= 11 is 0. The topological polar surface area (TPSA) is 67.1 Å². The summed E-state index contributed by atoms with van der Waals surface area (Å²) in [5.41, 5.74) is 5.78. The van der Waals surface area contributed by atoms with Crippen molar-refractivity contribution >= 4 is 23.0 Å². The molecule has 1 saturated carbocycles. The number of nitrogens with one attached hydrogen (secondary N) is 2. The number of rotatable bonds is 6. The molecule has 3 rings (SSSR count). The van der Waals surface area contributed by atoms with Crippen molar-refractivity contribution in [1.82, 2.24) is 0 Å². The fourth-order valence-corrected chi connectivity index (χ4v) is 3.53. The van der Waals surface area contributed by atoms with E-state index in [1.807, 2.05) is 0 Å². The number of carbonyl (C=O) groups is 1. The SMILES string of the molecule is Nc1c(NC(=O)CC2CCCC2)ccc(NCc2ccc(C(F)(F)F)cc2)c1F. The van der Waals surface area contributed by atoms with Crippen molar-refractivity contribution < 1.29 is 22.4 Å². The Bertz CT molecular complexity index is 859. The van der Waals surface area contributed by atoms with E-state index in [2.05, 4.69) is 10.6 Å². The van der Waals surface area contributed by atoms with E-state index in [1.54, 1.807) is 0 Å². The molecule has 2 aromatic carbocycles. The van der Waals surface area contributed by atoms with Gasteiger partial charge in [0.15, 0.2) is 5.82 Å². The van der Waals surface area contributed by atoms with Gasteiger partial charge in [-0.15, -0.1) is 0 Å². The van der Waals surface area contributed by atoms with Gasteiger partial charge in [0.2, 0.25) is 5.91 Å². The normalized spacial score (nSPS) is 14.8. The van der Waals surface area contributed by atoms with E-state index in [9.17, 15) is 22.4 Å². The van der Waals surface area contributed by atoms with Gasteiger partial charge in [-0.05, 0) is 48.6 Å². The fraction of sp³-hybridized carbons (Fsp3) is 0.381. The van der Waals surface area contributed by atoms with Crippen molar-refractivity contribution in [3.63, 3.8) is 0 Å². The third-order valence-corrected chi connectivity index (χ3v) is 5.17. The Balaban J connectivity index is 1.60. The summed E-state index contributed by atoms with van der Waals surface area (Å²) in [6, 6.07) is 7.57. The highest BCUT2D eigenvalue weighted by molar-refractivity contribution is 5.94. The Labute approximate surface area is 166 Å². The van der Waals surface area contributed by atoms with Gasteiger partial charge in [0.25, 0.3) is 0 Å². The number of halogens is 4. The van der Waals surface area contributed by atoms with Gasteiger partial charge in [-0.2, -0.15) is 13.2 Å². The molecule has 29 heavy (non-hydrogen) atoms. The number of anilines is 3. The quantitative estimate of drug-likeness (QED) is 0.432. The second-order valence-electron chi connectivity index (χ2n) is 7.34. The van der Waals surface area contributed by atoms with E-state index in [0.29, 0.717) is 17.9 Å². The summed E-state index contributed by atoms with van der Waals surface area (Å²) < 4.78 is 52.4. The zero-order valence-electron chi connectivity index (χ0n) is 15.8. The Hall–Kier alpha value is -2.77. The van der Waals surface area contributed by atoms with E-state index in [0.717, 1.165) is 37.8 Å². The molecule has 0 heterocycles. The van der Waals surface area contributed by atoms with E-state index in [1.165, 1.54) is 24.3 Å². The van der Waals surface area contributed by atoms with Gasteiger partial charge >= 0.3 is 6.18 Å². The van der Waals surface area contributed by atoms with Crippen LogP contribution in [0.4, 0.5) is 34.6 Å². The lowest BCUT2D eigenvalue weighted by Gasteiger charge is -2.15. The second-order valence-corrected chi connectivity index (χ2v) is 7.34. The summed E-state index contributed by atoms with van der Waals surface area (Å²) in [5, 5.41) is 5.48. The van der Waals surface area contributed by atoms with E-state index in [-0.39, 0.29) is 29.5 Å². The van der Waals surface area contributed by atoms with Crippen molar-refractivity contribution in [2.75, 3.05) is 16.4 Å². The number of carbonyl (C=O) groups excluding carboxylic acids is 1. The first-order chi connectivity index (χ1) is 13.7. The smallest absolute Gasteiger partial charge is 0.395 e. The van der Waals surface area contributed by atoms with E-state index >= 15 is 0 Å². The van der Waals surface area contributed by atoms with E-state index < -0.39 is 17.6 Å². The third-order valence-electron chi connectivity index (χ3n) is 5.17. The molecule has 1 aliphatic rings. The van der Waals surface area contributed by atoms with Crippen molar-refractivity contribution in [1.29, 1.82) is 0 Å². The molecule has 0 aliphatic heterocycles. The van der Waals surface area contributed by atoms with Gasteiger partial charge in [-0.25, -0.2) is 4.39 Å². The number of hydrogen-bond acceptors (Lipinski definition) is 3. The van der Waals surface area contributed by atoms with Gasteiger partial charge in [0.05, 0.1) is 22.6 Å². The molecule has 4 N–H and O–H groups in total. The maximum absolute atomic E-state index is 14.6. The highest BCUT2D eigenvalue weighted by atomic mass is 19.4. The van der Waals surface area contributed by atoms with Gasteiger partial charge in [0, 0.05) is 13.0 Å². The van der Waals surface area contributed by atoms with Crippen LogP contribution < -0.4 is 16.4 Å². The Kier molecular flexibility index (Phi) is 6.30. The van der Waals surface area contributed by atoms with Crippen LogP contribution in [0.2, 0.25) is 0 Å². The number of benzene rings is 2. The average molecular weight is 409 g/mol. The monoisotopic (exact) mass is 409 g/mol. The van der Waals surface area contributed by atoms with Crippen molar-refractivity contribution in [2.45, 2.75) is 44.8 Å². The van der Waals surface area contributed by atoms with Crippen LogP contribution in [0, 0.1) is 11.7 Å². The number of hydrogen-bond donors (Lipinski definition) is 3. The standard InChI is InChI=1S/C21H23F4N3O/c22-19-16(27-12-14-5-7-15(8-6-14)21(23,24)25)9-10-17(20(19)26)28-18(29)11-13-3-1-2-4-13/h5-10,13,27H,1-4,11-12,26H2,(H,28,29). The average Bonchev–Trinajstić information content (AvgIpc) is 3.17. The molecule has 0 spiro atoms. The molecule has 0 saturated heterocycles. The molecule has 1 aliphatic carbocycles. The predicted octanol–water partition coefficient (Wildman–Crippen LogP) is 5.56. The number of amides is 1. The number of nitrogens with two attached hydrogens (primary N) is 1. The summed E-state index contributed by atoms with van der Waals surface area (Å²) in [6.45, 7) is 0.127. The molecule has 0 aromatic heterocycles. The van der Waals surface area contributed by atoms with Crippen LogP contribution >= 0.6 is 0 Å². The number of alkyl halides is 3. The van der Waals surface area contributed by atoms with Crippen LogP contribution in [-0.2, 0) is 17.5 Å². The minimum atomic E-state index is -4.40. The summed E-state index contributed by atoms with van der Waals surface area (Å²) in [6.07, 6.45) is 0.329. The fourth-order valence-electron chi connectivity index (χ4n) is 3.53. The summed E-state index contributed by atoms with van der Waals surface area (Å²) in [5.74, 6) is -0.533. The lowest BCUT2D eigenvalue weighted by molar-refractivity contribution is -0.137. The molecule has 1 fully saturated rings. The van der Waals surface area contributed by atoms with Crippen LogP contribution in [-0.4, -0.2) is 5.91 Å². The first-order valence-electron chi connectivity index (χ1n) is 9.52. The zero-order chi connectivity index (χ0) is 21.0. The first-order valence-corrected chi connectivity index (χ1v) is 9.52. The molecular weight excluding hydrogens is 386 g/mol. The lowest BCUT2D eigenvalue weighted by Crippen LogP contribution is -2.17. The highest BCUT2D eigenvalue weighted by Gasteiger charge is 2.29. The van der Waals surface area contributed by atoms with Crippen LogP contribution in [0.1, 0.15) is 43.2 Å². The molecule has 2 aromatic rings. The Morgan fingerprint density at radius 1 is 1.03 bits per heavy atom. The maximum atomic E-state index is 14.6. The summed E-state index contributed by atoms with van der Waals surface area (Å²) in [4.78, 5) is 12.1. The van der Waals surface area contributed by atoms with Crippen LogP contribution in [0.3, 0.4) is 0 Å². The zero-order valence-corrected chi connectivity index (χ0v) is 15.8. The molecule has 0 unspecified atom stereocenters. The lowest BCUT2D eigenvalue weighted by atomic mass is 10.0. The number of nitrogen functional groups attached to an aromatic ring is 1. The first kappa shape index (κ1) is 21.0. The largest absolute Gasteiger partial charge is 0.416 e. The third kappa shape index (κ3) is 5.40. The van der Waals surface area contributed by atoms with Gasteiger partial charge < -0.3 is 16.4 Å². The maximum Gasteiger partial charge on any atom is 0.416 e. The molecule has 4 nitrogen and oxygen atoms in total. The minimum absolute atomic E-state index is 0.108. The van der Waals surface area contributed by atoms with Crippen molar-refractivity contribution in [2.24, 2.45) is 5.92 Å². The van der Waals surface area contributed by atoms with Gasteiger partial charge in [-0.3, -0.25) is 4.79 Å². The molecule has 0 bridgehead atoms.